The Kier molecular flexibility index (Phi) is 26.1. The van der Waals surface area contributed by atoms with Gasteiger partial charge in [-0.1, -0.05) is 129 Å². The summed E-state index contributed by atoms with van der Waals surface area (Å²) < 4.78 is 23.2. The predicted octanol–water partition coefficient (Wildman–Crippen LogP) is 8.07. The second-order valence-corrected chi connectivity index (χ2v) is 14.4. The number of rotatable bonds is 30. The van der Waals surface area contributed by atoms with Gasteiger partial charge in [-0.25, -0.2) is 4.57 Å². The maximum Gasteiger partial charge on any atom is 0.472 e. The van der Waals surface area contributed by atoms with Crippen LogP contribution in [0.1, 0.15) is 142 Å². The highest BCUT2D eigenvalue weighted by Crippen LogP contribution is 2.43. The molecule has 42 heavy (non-hydrogen) atoms. The number of carbonyl (C=O) groups excluding carboxylic acids is 1. The first-order chi connectivity index (χ1) is 20.0. The van der Waals surface area contributed by atoms with Crippen molar-refractivity contribution >= 4 is 13.7 Å². The van der Waals surface area contributed by atoms with Crippen molar-refractivity contribution in [1.29, 1.82) is 0 Å². The summed E-state index contributed by atoms with van der Waals surface area (Å²) in [7, 11) is 1.57. The van der Waals surface area contributed by atoms with Crippen LogP contribution in [0.4, 0.5) is 0 Å². The van der Waals surface area contributed by atoms with Crippen molar-refractivity contribution in [2.45, 2.75) is 154 Å². The lowest BCUT2D eigenvalue weighted by Crippen LogP contribution is -2.45. The summed E-state index contributed by atoms with van der Waals surface area (Å²) in [6.45, 7) is 4.71. The van der Waals surface area contributed by atoms with Crippen LogP contribution in [-0.2, 0) is 18.4 Å². The molecular formula is C33H68N2O6P+. The van der Waals surface area contributed by atoms with Crippen LogP contribution < -0.4 is 5.32 Å². The minimum Gasteiger partial charge on any atom is -0.387 e. The fraction of sp³-hybridized carbons (Fsp3) is 0.909. The number of aliphatic hydroxyl groups is 1. The normalized spacial score (nSPS) is 15.1. The Hall–Kier alpha value is -0.760. The molecule has 0 bridgehead atoms. The number of aliphatic hydroxyl groups excluding tert-OH is 1. The number of phosphoric acid groups is 1. The topological polar surface area (TPSA) is 105 Å². The maximum atomic E-state index is 12.7. The minimum absolute atomic E-state index is 0.0631. The van der Waals surface area contributed by atoms with Gasteiger partial charge in [0.05, 0.1) is 39.9 Å². The number of amides is 1. The van der Waals surface area contributed by atoms with Crippen LogP contribution in [0.5, 0.6) is 0 Å². The molecule has 0 aromatic rings. The molecule has 0 saturated carbocycles. The lowest BCUT2D eigenvalue weighted by molar-refractivity contribution is -0.870. The molecule has 0 aliphatic carbocycles. The number of quaternary nitrogens is 1. The van der Waals surface area contributed by atoms with Crippen molar-refractivity contribution in [2.24, 2.45) is 0 Å². The fourth-order valence-corrected chi connectivity index (χ4v) is 5.42. The predicted molar refractivity (Wildman–Crippen MR) is 175 cm³/mol. The Morgan fingerprint density at radius 2 is 1.26 bits per heavy atom. The molecule has 0 aliphatic heterocycles. The van der Waals surface area contributed by atoms with E-state index in [9.17, 15) is 19.4 Å². The summed E-state index contributed by atoms with van der Waals surface area (Å²) in [6.07, 6.45) is 25.8. The van der Waals surface area contributed by atoms with Crippen molar-refractivity contribution < 1.29 is 32.9 Å². The van der Waals surface area contributed by atoms with E-state index in [4.69, 9.17) is 9.05 Å². The third-order valence-corrected chi connectivity index (χ3v) is 8.49. The number of phosphoric ester groups is 1. The quantitative estimate of drug-likeness (QED) is 0.0325. The summed E-state index contributed by atoms with van der Waals surface area (Å²) in [4.78, 5) is 22.8. The van der Waals surface area contributed by atoms with E-state index in [-0.39, 0.29) is 19.1 Å². The van der Waals surface area contributed by atoms with Crippen molar-refractivity contribution in [1.82, 2.24) is 5.32 Å². The average molecular weight is 620 g/mol. The van der Waals surface area contributed by atoms with Crippen LogP contribution in [0.15, 0.2) is 12.2 Å². The van der Waals surface area contributed by atoms with E-state index in [1.165, 1.54) is 77.0 Å². The molecule has 0 aromatic heterocycles. The Balaban J connectivity index is 4.42. The Labute approximate surface area is 259 Å². The molecule has 0 aromatic carbocycles. The van der Waals surface area contributed by atoms with Crippen LogP contribution in [0.25, 0.3) is 0 Å². The molecule has 0 saturated heterocycles. The number of carbonyl (C=O) groups is 1. The number of nitrogens with zero attached hydrogens (tertiary/aromatic N) is 1. The second kappa shape index (κ2) is 26.6. The van der Waals surface area contributed by atoms with Crippen molar-refractivity contribution in [3.05, 3.63) is 12.2 Å². The zero-order valence-electron chi connectivity index (χ0n) is 28.0. The monoisotopic (exact) mass is 619 g/mol. The zero-order chi connectivity index (χ0) is 31.5. The summed E-state index contributed by atoms with van der Waals surface area (Å²) in [6, 6.07) is -0.835. The van der Waals surface area contributed by atoms with Crippen LogP contribution in [-0.4, -0.2) is 73.4 Å². The lowest BCUT2D eigenvalue weighted by atomic mass is 10.0. The van der Waals surface area contributed by atoms with Crippen LogP contribution in [0.3, 0.4) is 0 Å². The second-order valence-electron chi connectivity index (χ2n) is 12.9. The molecule has 0 spiro atoms. The van der Waals surface area contributed by atoms with Gasteiger partial charge in [0, 0.05) is 6.42 Å². The van der Waals surface area contributed by atoms with Crippen LogP contribution >= 0.6 is 7.82 Å². The van der Waals surface area contributed by atoms with E-state index in [1.54, 1.807) is 6.08 Å². The number of unbranched alkanes of at least 4 members (excludes halogenated alkanes) is 17. The molecule has 0 radical (unpaired) electrons. The highest BCUT2D eigenvalue weighted by atomic mass is 31.2. The highest BCUT2D eigenvalue weighted by Gasteiger charge is 2.27. The maximum absolute atomic E-state index is 12.7. The summed E-state index contributed by atoms with van der Waals surface area (Å²) in [5.41, 5.74) is 0. The third-order valence-electron chi connectivity index (χ3n) is 7.51. The molecule has 250 valence electrons. The van der Waals surface area contributed by atoms with Crippen molar-refractivity contribution in [2.75, 3.05) is 40.9 Å². The van der Waals surface area contributed by atoms with Gasteiger partial charge >= 0.3 is 7.82 Å². The summed E-state index contributed by atoms with van der Waals surface area (Å²) in [5, 5.41) is 13.6. The van der Waals surface area contributed by atoms with Gasteiger partial charge in [0.25, 0.3) is 0 Å². The SMILES string of the molecule is CCCCCC/C=C/C(O)C(COP(=O)(O)OCC[N+](C)(C)C)NC(=O)CCCCCCCCCCCCCCCC. The number of likely N-dealkylation sites (N-methyl/N-ethyl adjacent to an activating group) is 1. The molecule has 1 amide bonds. The largest absolute Gasteiger partial charge is 0.472 e. The van der Waals surface area contributed by atoms with E-state index >= 15 is 0 Å². The molecule has 3 unspecified atom stereocenters. The first-order valence-corrected chi connectivity index (χ1v) is 18.6. The highest BCUT2D eigenvalue weighted by molar-refractivity contribution is 7.47. The van der Waals surface area contributed by atoms with E-state index < -0.39 is 20.0 Å². The Morgan fingerprint density at radius 1 is 0.786 bits per heavy atom. The van der Waals surface area contributed by atoms with Crippen LogP contribution in [0, 0.1) is 0 Å². The zero-order valence-corrected chi connectivity index (χ0v) is 28.9. The fourth-order valence-electron chi connectivity index (χ4n) is 4.69. The number of allylic oxidation sites excluding steroid dienone is 1. The van der Waals surface area contributed by atoms with Crippen molar-refractivity contribution in [3.8, 4) is 0 Å². The van der Waals surface area contributed by atoms with Crippen LogP contribution in [0.2, 0.25) is 0 Å². The first kappa shape index (κ1) is 41.2. The van der Waals surface area contributed by atoms with Gasteiger partial charge in [0.1, 0.15) is 13.2 Å². The molecule has 0 fully saturated rings. The molecule has 3 atom stereocenters. The molecule has 9 heteroatoms. The Morgan fingerprint density at radius 3 is 1.76 bits per heavy atom. The van der Waals surface area contributed by atoms with Gasteiger partial charge in [0.15, 0.2) is 0 Å². The molecular weight excluding hydrogens is 551 g/mol. The number of nitrogens with one attached hydrogen (secondary N) is 1. The van der Waals surface area contributed by atoms with Gasteiger partial charge in [-0.3, -0.25) is 13.8 Å². The van der Waals surface area contributed by atoms with Gasteiger partial charge in [-0.2, -0.15) is 0 Å². The summed E-state index contributed by atoms with van der Waals surface area (Å²) >= 11 is 0. The molecule has 0 aliphatic rings. The average Bonchev–Trinajstić information content (AvgIpc) is 2.92. The smallest absolute Gasteiger partial charge is 0.387 e. The van der Waals surface area contributed by atoms with Crippen molar-refractivity contribution in [3.63, 3.8) is 0 Å². The standard InChI is InChI=1S/C33H67N2O6P/c1-6-8-10-12-14-15-16-17-18-19-20-21-23-25-27-33(37)34-31(32(36)26-24-22-13-11-9-7-2)30-41-42(38,39)40-29-28-35(3,4)5/h24,26,31-32,36H,6-23,25,27-30H2,1-5H3,(H-,34,37,38,39)/p+1/b26-24+. The first-order valence-electron chi connectivity index (χ1n) is 17.1. The number of hydrogen-bond donors (Lipinski definition) is 3. The van der Waals surface area contributed by atoms with E-state index in [1.807, 2.05) is 27.2 Å². The van der Waals surface area contributed by atoms with Gasteiger partial charge in [0.2, 0.25) is 5.91 Å². The third kappa shape index (κ3) is 28.0. The van der Waals surface area contributed by atoms with Gasteiger partial charge in [-0.05, 0) is 19.3 Å². The molecule has 0 rings (SSSR count). The lowest BCUT2D eigenvalue weighted by Gasteiger charge is -2.25. The Bertz CT molecular complexity index is 713. The number of hydrogen-bond acceptors (Lipinski definition) is 5. The molecule has 3 N–H and O–H groups in total. The van der Waals surface area contributed by atoms with E-state index in [0.717, 1.165) is 44.9 Å². The minimum atomic E-state index is -4.31. The molecule has 8 nitrogen and oxygen atoms in total. The van der Waals surface area contributed by atoms with Gasteiger partial charge < -0.3 is 19.8 Å². The van der Waals surface area contributed by atoms with E-state index in [0.29, 0.717) is 17.4 Å². The van der Waals surface area contributed by atoms with Gasteiger partial charge in [-0.15, -0.1) is 0 Å². The summed E-state index contributed by atoms with van der Waals surface area (Å²) in [5.74, 6) is -0.184. The van der Waals surface area contributed by atoms with E-state index in [2.05, 4.69) is 19.2 Å². The molecule has 0 heterocycles.